The lowest BCUT2D eigenvalue weighted by Crippen LogP contribution is -2.34. The number of hydrogen-bond donors (Lipinski definition) is 1. The van der Waals surface area contributed by atoms with E-state index in [1.165, 1.54) is 13.0 Å². The second-order valence-corrected chi connectivity index (χ2v) is 6.47. The van der Waals surface area contributed by atoms with Crippen molar-refractivity contribution in [2.45, 2.75) is 54.0 Å². The molecule has 1 N–H and O–H groups in total. The summed E-state index contributed by atoms with van der Waals surface area (Å²) in [5.41, 5.74) is 0.441. The summed E-state index contributed by atoms with van der Waals surface area (Å²) in [5, 5.41) is 3.45. The van der Waals surface area contributed by atoms with Gasteiger partial charge in [0.05, 0.1) is 0 Å². The molecule has 0 aliphatic heterocycles. The van der Waals surface area contributed by atoms with E-state index < -0.39 is 0 Å². The van der Waals surface area contributed by atoms with Gasteiger partial charge in [0.1, 0.15) is 0 Å². The predicted octanol–water partition coefficient (Wildman–Crippen LogP) is 2.99. The summed E-state index contributed by atoms with van der Waals surface area (Å²) in [6.45, 7) is 17.2. The molecule has 0 aromatic rings. The van der Waals surface area contributed by atoms with E-state index in [4.69, 9.17) is 0 Å². The summed E-state index contributed by atoms with van der Waals surface area (Å²) >= 11 is 0. The van der Waals surface area contributed by atoms with Crippen LogP contribution in [0.25, 0.3) is 0 Å². The molecule has 0 bridgehead atoms. The molecule has 0 heterocycles. The number of rotatable bonds is 7. The Morgan fingerprint density at radius 2 is 1.62 bits per heavy atom. The van der Waals surface area contributed by atoms with Gasteiger partial charge in [-0.3, -0.25) is 0 Å². The number of nitrogens with one attached hydrogen (secondary N) is 1. The zero-order valence-corrected chi connectivity index (χ0v) is 12.4. The van der Waals surface area contributed by atoms with Crippen molar-refractivity contribution in [3.8, 4) is 0 Å². The summed E-state index contributed by atoms with van der Waals surface area (Å²) in [7, 11) is 2.22. The van der Waals surface area contributed by atoms with Crippen molar-refractivity contribution in [3.63, 3.8) is 0 Å². The van der Waals surface area contributed by atoms with E-state index in [0.717, 1.165) is 19.0 Å². The van der Waals surface area contributed by atoms with Crippen LogP contribution in [0, 0.1) is 11.3 Å². The molecule has 0 aromatic carbocycles. The van der Waals surface area contributed by atoms with Gasteiger partial charge < -0.3 is 10.2 Å². The Balaban J connectivity index is 3.61. The molecule has 1 atom stereocenters. The van der Waals surface area contributed by atoms with Crippen LogP contribution in [0.2, 0.25) is 0 Å². The normalized spacial score (nSPS) is 14.8. The molecule has 2 heteroatoms. The van der Waals surface area contributed by atoms with Gasteiger partial charge in [0.2, 0.25) is 0 Å². The van der Waals surface area contributed by atoms with Crippen LogP contribution in [0.3, 0.4) is 0 Å². The fraction of sp³-hybridized carbons (Fsp3) is 1.00. The standard InChI is InChI=1S/C14H32N2/c1-12(2)15-9-11-16(7)10-8-13(3)14(4,5)6/h12-13,15H,8-11H2,1-7H3. The first-order chi connectivity index (χ1) is 7.23. The van der Waals surface area contributed by atoms with Gasteiger partial charge in [0.15, 0.2) is 0 Å². The van der Waals surface area contributed by atoms with Crippen molar-refractivity contribution in [1.82, 2.24) is 10.2 Å². The molecule has 0 aromatic heterocycles. The molecule has 0 spiro atoms. The van der Waals surface area contributed by atoms with Gasteiger partial charge in [-0.25, -0.2) is 0 Å². The van der Waals surface area contributed by atoms with Gasteiger partial charge in [-0.15, -0.1) is 0 Å². The third-order valence-electron chi connectivity index (χ3n) is 3.47. The zero-order chi connectivity index (χ0) is 12.8. The quantitative estimate of drug-likeness (QED) is 0.720. The van der Waals surface area contributed by atoms with Crippen LogP contribution in [0.4, 0.5) is 0 Å². The monoisotopic (exact) mass is 228 g/mol. The zero-order valence-electron chi connectivity index (χ0n) is 12.4. The second-order valence-electron chi connectivity index (χ2n) is 6.47. The summed E-state index contributed by atoms with van der Waals surface area (Å²) in [6.07, 6.45) is 1.29. The minimum atomic E-state index is 0.441. The highest BCUT2D eigenvalue weighted by Crippen LogP contribution is 2.27. The van der Waals surface area contributed by atoms with Crippen molar-refractivity contribution in [2.75, 3.05) is 26.7 Å². The van der Waals surface area contributed by atoms with Crippen molar-refractivity contribution in [3.05, 3.63) is 0 Å². The first-order valence-electron chi connectivity index (χ1n) is 6.65. The summed E-state index contributed by atoms with van der Waals surface area (Å²) in [4.78, 5) is 2.43. The molecule has 0 rings (SSSR count). The Kier molecular flexibility index (Phi) is 7.25. The maximum absolute atomic E-state index is 3.45. The van der Waals surface area contributed by atoms with Crippen LogP contribution in [0.1, 0.15) is 48.0 Å². The van der Waals surface area contributed by atoms with Crippen LogP contribution < -0.4 is 5.32 Å². The number of nitrogens with zero attached hydrogens (tertiary/aromatic N) is 1. The van der Waals surface area contributed by atoms with Crippen LogP contribution in [-0.4, -0.2) is 37.6 Å². The molecule has 0 fully saturated rings. The molecule has 98 valence electrons. The molecule has 0 amide bonds. The van der Waals surface area contributed by atoms with Crippen LogP contribution in [0.5, 0.6) is 0 Å². The average molecular weight is 228 g/mol. The van der Waals surface area contributed by atoms with Gasteiger partial charge in [-0.1, -0.05) is 41.5 Å². The molecular formula is C14H32N2. The van der Waals surface area contributed by atoms with E-state index in [-0.39, 0.29) is 0 Å². The lowest BCUT2D eigenvalue weighted by molar-refractivity contribution is 0.212. The van der Waals surface area contributed by atoms with Crippen molar-refractivity contribution in [2.24, 2.45) is 11.3 Å². The topological polar surface area (TPSA) is 15.3 Å². The molecule has 0 saturated carbocycles. The minimum Gasteiger partial charge on any atom is -0.313 e. The predicted molar refractivity (Wildman–Crippen MR) is 73.9 cm³/mol. The Morgan fingerprint density at radius 1 is 1.06 bits per heavy atom. The van der Waals surface area contributed by atoms with E-state index in [1.54, 1.807) is 0 Å². The fourth-order valence-electron chi connectivity index (χ4n) is 1.50. The third-order valence-corrected chi connectivity index (χ3v) is 3.47. The van der Waals surface area contributed by atoms with Gasteiger partial charge in [-0.05, 0) is 31.3 Å². The van der Waals surface area contributed by atoms with Crippen molar-refractivity contribution < 1.29 is 0 Å². The lowest BCUT2D eigenvalue weighted by Gasteiger charge is -2.29. The Morgan fingerprint density at radius 3 is 2.06 bits per heavy atom. The van der Waals surface area contributed by atoms with Crippen LogP contribution in [0.15, 0.2) is 0 Å². The summed E-state index contributed by atoms with van der Waals surface area (Å²) < 4.78 is 0. The number of likely N-dealkylation sites (N-methyl/N-ethyl adjacent to an activating group) is 1. The smallest absolute Gasteiger partial charge is 0.0104 e. The van der Waals surface area contributed by atoms with Crippen LogP contribution in [-0.2, 0) is 0 Å². The van der Waals surface area contributed by atoms with Crippen molar-refractivity contribution >= 4 is 0 Å². The van der Waals surface area contributed by atoms with E-state index in [0.29, 0.717) is 11.5 Å². The van der Waals surface area contributed by atoms with E-state index in [2.05, 4.69) is 58.8 Å². The second kappa shape index (κ2) is 7.29. The highest BCUT2D eigenvalue weighted by Gasteiger charge is 2.19. The number of hydrogen-bond acceptors (Lipinski definition) is 2. The summed E-state index contributed by atoms with van der Waals surface area (Å²) in [5.74, 6) is 0.785. The van der Waals surface area contributed by atoms with Crippen molar-refractivity contribution in [1.29, 1.82) is 0 Å². The minimum absolute atomic E-state index is 0.441. The molecule has 16 heavy (non-hydrogen) atoms. The maximum Gasteiger partial charge on any atom is 0.0104 e. The Hall–Kier alpha value is -0.0800. The molecular weight excluding hydrogens is 196 g/mol. The first kappa shape index (κ1) is 15.9. The van der Waals surface area contributed by atoms with Gasteiger partial charge >= 0.3 is 0 Å². The lowest BCUT2D eigenvalue weighted by atomic mass is 9.80. The molecule has 1 unspecified atom stereocenters. The van der Waals surface area contributed by atoms with Gasteiger partial charge in [-0.2, -0.15) is 0 Å². The molecule has 0 saturated heterocycles. The third kappa shape index (κ3) is 8.12. The highest BCUT2D eigenvalue weighted by atomic mass is 15.1. The van der Waals surface area contributed by atoms with Gasteiger partial charge in [0, 0.05) is 19.1 Å². The first-order valence-corrected chi connectivity index (χ1v) is 6.65. The van der Waals surface area contributed by atoms with E-state index in [9.17, 15) is 0 Å². The van der Waals surface area contributed by atoms with Gasteiger partial charge in [0.25, 0.3) is 0 Å². The largest absolute Gasteiger partial charge is 0.313 e. The molecule has 0 aliphatic carbocycles. The maximum atomic E-state index is 3.45. The average Bonchev–Trinajstić information content (AvgIpc) is 2.11. The Labute approximate surface area is 103 Å². The Bertz CT molecular complexity index is 170. The summed E-state index contributed by atoms with van der Waals surface area (Å²) in [6, 6.07) is 0.599. The van der Waals surface area contributed by atoms with E-state index >= 15 is 0 Å². The molecule has 2 nitrogen and oxygen atoms in total. The molecule has 0 aliphatic rings. The molecule has 0 radical (unpaired) electrons. The van der Waals surface area contributed by atoms with Crippen LogP contribution >= 0.6 is 0 Å². The fourth-order valence-corrected chi connectivity index (χ4v) is 1.50. The SMILES string of the molecule is CC(C)NCCN(C)CCC(C)C(C)(C)C. The van der Waals surface area contributed by atoms with E-state index in [1.807, 2.05) is 0 Å². The highest BCUT2D eigenvalue weighted by molar-refractivity contribution is 4.71.